The van der Waals surface area contributed by atoms with E-state index in [9.17, 15) is 4.79 Å². The van der Waals surface area contributed by atoms with Crippen LogP contribution in [0.2, 0.25) is 0 Å². The molecule has 7 nitrogen and oxygen atoms in total. The first-order valence-electron chi connectivity index (χ1n) is 5.90. The van der Waals surface area contributed by atoms with E-state index in [2.05, 4.69) is 29.0 Å². The monoisotopic (exact) mass is 379 g/mol. The van der Waals surface area contributed by atoms with Gasteiger partial charge in [0.1, 0.15) is 15.2 Å². The highest BCUT2D eigenvalue weighted by Crippen LogP contribution is 2.17. The van der Waals surface area contributed by atoms with Gasteiger partial charge in [-0.05, 0) is 28.5 Å². The van der Waals surface area contributed by atoms with E-state index >= 15 is 0 Å². The first-order chi connectivity index (χ1) is 8.95. The molecule has 0 bridgehead atoms. The molecule has 0 saturated heterocycles. The summed E-state index contributed by atoms with van der Waals surface area (Å²) in [6.45, 7) is 5.44. The Labute approximate surface area is 125 Å². The van der Waals surface area contributed by atoms with E-state index in [-0.39, 0.29) is 11.4 Å². The first-order valence-corrected chi connectivity index (χ1v) is 6.98. The Bertz CT molecular complexity index is 500. The number of nitrogens with two attached hydrogens (primary N) is 1. The number of halogens is 1. The van der Waals surface area contributed by atoms with Crippen molar-refractivity contribution in [1.29, 1.82) is 0 Å². The molecular formula is C11H18IN5O2. The quantitative estimate of drug-likeness (QED) is 0.225. The third-order valence-electron chi connectivity index (χ3n) is 2.43. The second-order valence-electron chi connectivity index (χ2n) is 4.55. The van der Waals surface area contributed by atoms with E-state index < -0.39 is 0 Å². The molecule has 0 amide bonds. The zero-order valence-corrected chi connectivity index (χ0v) is 13.1. The lowest BCUT2D eigenvalue weighted by atomic mass is 10.2. The second-order valence-corrected chi connectivity index (χ2v) is 5.63. The topological polar surface area (TPSA) is 108 Å². The van der Waals surface area contributed by atoms with Gasteiger partial charge >= 0.3 is 0 Å². The Kier molecular flexibility index (Phi) is 6.06. The molecule has 106 valence electrons. The van der Waals surface area contributed by atoms with Crippen molar-refractivity contribution in [3.05, 3.63) is 20.3 Å². The number of anilines is 1. The number of amidine groups is 1. The number of hydrogen-bond acceptors (Lipinski definition) is 5. The van der Waals surface area contributed by atoms with Crippen molar-refractivity contribution in [3.63, 3.8) is 0 Å². The van der Waals surface area contributed by atoms with Crippen LogP contribution in [0.3, 0.4) is 0 Å². The average Bonchev–Trinajstić information content (AvgIpc) is 2.37. The number of rotatable bonds is 6. The fourth-order valence-corrected chi connectivity index (χ4v) is 2.25. The third kappa shape index (κ3) is 4.69. The van der Waals surface area contributed by atoms with Gasteiger partial charge in [0.25, 0.3) is 5.56 Å². The summed E-state index contributed by atoms with van der Waals surface area (Å²) < 4.78 is 0.542. The molecule has 1 heterocycles. The zero-order chi connectivity index (χ0) is 14.4. The van der Waals surface area contributed by atoms with Crippen LogP contribution in [0.15, 0.2) is 16.3 Å². The maximum Gasteiger partial charge on any atom is 0.266 e. The van der Waals surface area contributed by atoms with Crippen LogP contribution in [-0.4, -0.2) is 34.1 Å². The fourth-order valence-electron chi connectivity index (χ4n) is 1.62. The standard InChI is InChI=1S/C11H18IN5O2/c1-7(2)5-17(4-3-8(13)16-19)10-9(12)11(18)15-6-14-10/h6-7,19H,3-5H2,1-2H3,(H2,13,16)(H,14,15,18). The molecule has 1 aromatic rings. The molecule has 1 rings (SSSR count). The van der Waals surface area contributed by atoms with Crippen molar-refractivity contribution in [2.75, 3.05) is 18.0 Å². The average molecular weight is 379 g/mol. The summed E-state index contributed by atoms with van der Waals surface area (Å²) >= 11 is 1.97. The Morgan fingerprint density at radius 1 is 1.68 bits per heavy atom. The van der Waals surface area contributed by atoms with Crippen molar-refractivity contribution in [2.24, 2.45) is 16.8 Å². The Balaban J connectivity index is 2.96. The van der Waals surface area contributed by atoms with Gasteiger partial charge in [-0.2, -0.15) is 0 Å². The van der Waals surface area contributed by atoms with Gasteiger partial charge in [-0.3, -0.25) is 4.79 Å². The van der Waals surface area contributed by atoms with E-state index in [1.54, 1.807) is 0 Å². The molecule has 0 aliphatic carbocycles. The largest absolute Gasteiger partial charge is 0.409 e. The predicted molar refractivity (Wildman–Crippen MR) is 82.7 cm³/mol. The molecule has 0 aliphatic rings. The third-order valence-corrected chi connectivity index (χ3v) is 3.40. The highest BCUT2D eigenvalue weighted by Gasteiger charge is 2.15. The van der Waals surface area contributed by atoms with Gasteiger partial charge < -0.3 is 20.8 Å². The van der Waals surface area contributed by atoms with Crippen LogP contribution in [0.4, 0.5) is 5.82 Å². The highest BCUT2D eigenvalue weighted by molar-refractivity contribution is 14.1. The molecular weight excluding hydrogens is 361 g/mol. The van der Waals surface area contributed by atoms with E-state index in [4.69, 9.17) is 10.9 Å². The lowest BCUT2D eigenvalue weighted by molar-refractivity contribution is 0.317. The summed E-state index contributed by atoms with van der Waals surface area (Å²) in [5.74, 6) is 1.20. The maximum absolute atomic E-state index is 11.6. The Hall–Kier alpha value is -1.32. The van der Waals surface area contributed by atoms with Crippen molar-refractivity contribution in [1.82, 2.24) is 9.97 Å². The molecule has 0 aromatic carbocycles. The summed E-state index contributed by atoms with van der Waals surface area (Å²) in [5, 5.41) is 11.5. The molecule has 0 aliphatic heterocycles. The van der Waals surface area contributed by atoms with E-state index in [0.717, 1.165) is 6.54 Å². The number of hydrogen-bond donors (Lipinski definition) is 3. The van der Waals surface area contributed by atoms with Crippen molar-refractivity contribution >= 4 is 34.2 Å². The minimum atomic E-state index is -0.164. The SMILES string of the molecule is CC(C)CN(CCC(N)=NO)c1nc[nH]c(=O)c1I. The molecule has 4 N–H and O–H groups in total. The molecule has 1 aromatic heterocycles. The van der Waals surface area contributed by atoms with Gasteiger partial charge in [0.05, 0.1) is 6.33 Å². The van der Waals surface area contributed by atoms with Crippen molar-refractivity contribution < 1.29 is 5.21 Å². The number of aromatic amines is 1. The minimum Gasteiger partial charge on any atom is -0.409 e. The van der Waals surface area contributed by atoms with Gasteiger partial charge in [0.2, 0.25) is 0 Å². The molecule has 8 heteroatoms. The number of nitrogens with one attached hydrogen (secondary N) is 1. The van der Waals surface area contributed by atoms with Crippen molar-refractivity contribution in [3.8, 4) is 0 Å². The van der Waals surface area contributed by atoms with Crippen LogP contribution < -0.4 is 16.2 Å². The Morgan fingerprint density at radius 3 is 2.95 bits per heavy atom. The lowest BCUT2D eigenvalue weighted by Crippen LogP contribution is -2.34. The molecule has 19 heavy (non-hydrogen) atoms. The van der Waals surface area contributed by atoms with Crippen LogP contribution >= 0.6 is 22.6 Å². The van der Waals surface area contributed by atoms with Crippen LogP contribution in [0.25, 0.3) is 0 Å². The molecule has 0 atom stereocenters. The molecule has 0 unspecified atom stereocenters. The summed E-state index contributed by atoms with van der Waals surface area (Å²) in [6, 6.07) is 0. The van der Waals surface area contributed by atoms with Gasteiger partial charge in [-0.1, -0.05) is 19.0 Å². The van der Waals surface area contributed by atoms with Crippen LogP contribution in [0.1, 0.15) is 20.3 Å². The molecule has 0 saturated carbocycles. The van der Waals surface area contributed by atoms with E-state index in [0.29, 0.717) is 28.3 Å². The van der Waals surface area contributed by atoms with Crippen LogP contribution in [-0.2, 0) is 0 Å². The van der Waals surface area contributed by atoms with Crippen LogP contribution in [0, 0.1) is 9.49 Å². The highest BCUT2D eigenvalue weighted by atomic mass is 127. The first kappa shape index (κ1) is 15.7. The van der Waals surface area contributed by atoms with Gasteiger partial charge in [0, 0.05) is 19.5 Å². The van der Waals surface area contributed by atoms with Gasteiger partial charge in [-0.25, -0.2) is 4.98 Å². The number of oxime groups is 1. The maximum atomic E-state index is 11.6. The van der Waals surface area contributed by atoms with E-state index in [1.165, 1.54) is 6.33 Å². The fraction of sp³-hybridized carbons (Fsp3) is 0.545. The number of H-pyrrole nitrogens is 1. The molecule has 0 radical (unpaired) electrons. The summed E-state index contributed by atoms with van der Waals surface area (Å²) in [6.07, 6.45) is 1.80. The van der Waals surface area contributed by atoms with Gasteiger partial charge in [0.15, 0.2) is 0 Å². The molecule has 0 fully saturated rings. The smallest absolute Gasteiger partial charge is 0.266 e. The second kappa shape index (κ2) is 7.31. The number of nitrogens with zero attached hydrogens (tertiary/aromatic N) is 3. The molecule has 0 spiro atoms. The predicted octanol–water partition coefficient (Wildman–Crippen LogP) is 0.973. The van der Waals surface area contributed by atoms with E-state index in [1.807, 2.05) is 27.5 Å². The normalized spacial score (nSPS) is 11.9. The Morgan fingerprint density at radius 2 is 2.37 bits per heavy atom. The minimum absolute atomic E-state index is 0.161. The summed E-state index contributed by atoms with van der Waals surface area (Å²) in [4.78, 5) is 20.3. The zero-order valence-electron chi connectivity index (χ0n) is 10.9. The summed E-state index contributed by atoms with van der Waals surface area (Å²) in [5.41, 5.74) is 5.32. The summed E-state index contributed by atoms with van der Waals surface area (Å²) in [7, 11) is 0. The van der Waals surface area contributed by atoms with Crippen LogP contribution in [0.5, 0.6) is 0 Å². The lowest BCUT2D eigenvalue weighted by Gasteiger charge is -2.25. The number of aromatic nitrogens is 2. The van der Waals surface area contributed by atoms with Gasteiger partial charge in [-0.15, -0.1) is 0 Å². The van der Waals surface area contributed by atoms with Crippen molar-refractivity contribution in [2.45, 2.75) is 20.3 Å².